The van der Waals surface area contributed by atoms with E-state index in [9.17, 15) is 43.2 Å². The Bertz CT molecular complexity index is 4070. The summed E-state index contributed by atoms with van der Waals surface area (Å²) in [4.78, 5) is 131. The molecule has 0 saturated heterocycles. The van der Waals surface area contributed by atoms with E-state index in [-0.39, 0.29) is 93.8 Å². The van der Waals surface area contributed by atoms with Crippen LogP contribution in [0.3, 0.4) is 0 Å². The SMILES string of the molecule is COc1cc2c(cc1OCCCCCOc1cc3c(cc1OC)C(=O)N1c4ccccc4C[C@H]1CN3C(=O)OCc1ccc(NC(=O)[C@H](CCCCN)NC(=O)[C@H](Cc3ccccc3)NC(=O)CCCOCCCNC(=O)CCN3C(=O)C=CC3=O)cc1)N=C[C@@H]1Cc3ccccc3N1C2=O. The van der Waals surface area contributed by atoms with Crippen molar-refractivity contribution >= 4 is 88.0 Å². The van der Waals surface area contributed by atoms with E-state index in [0.717, 1.165) is 39.4 Å². The van der Waals surface area contributed by atoms with Crippen LogP contribution in [-0.4, -0.2) is 155 Å². The molecule has 6 aromatic carbocycles. The van der Waals surface area contributed by atoms with Crippen LogP contribution in [0.4, 0.5) is 33.2 Å². The van der Waals surface area contributed by atoms with E-state index in [1.807, 2.05) is 85.1 Å². The first-order chi connectivity index (χ1) is 49.2. The Labute approximate surface area is 585 Å². The van der Waals surface area contributed by atoms with Gasteiger partial charge in [0.2, 0.25) is 23.6 Å². The molecule has 528 valence electrons. The molecule has 9 amide bonds. The number of hydrogen-bond acceptors (Lipinski definition) is 17. The number of fused-ring (bicyclic) bond motifs is 8. The molecule has 11 rings (SSSR count). The molecule has 0 aliphatic carbocycles. The molecule has 0 bridgehead atoms. The average molecular weight is 1380 g/mol. The second kappa shape index (κ2) is 34.2. The molecule has 0 radical (unpaired) electrons. The molecule has 5 aliphatic heterocycles. The van der Waals surface area contributed by atoms with Gasteiger partial charge in [0, 0.05) is 99.5 Å². The topological polar surface area (TPSA) is 308 Å². The number of nitrogens with two attached hydrogens (primary N) is 1. The van der Waals surface area contributed by atoms with Crippen molar-refractivity contribution in [2.75, 3.05) is 86.8 Å². The number of anilines is 4. The van der Waals surface area contributed by atoms with Gasteiger partial charge in [0.25, 0.3) is 23.6 Å². The lowest BCUT2D eigenvalue weighted by Crippen LogP contribution is -2.53. The van der Waals surface area contributed by atoms with E-state index >= 15 is 0 Å². The van der Waals surface area contributed by atoms with E-state index in [2.05, 4.69) is 21.3 Å². The molecule has 6 aromatic rings. The van der Waals surface area contributed by atoms with Crippen molar-refractivity contribution in [3.05, 3.63) is 173 Å². The summed E-state index contributed by atoms with van der Waals surface area (Å²) in [6.07, 6.45) is 9.07. The highest BCUT2D eigenvalue weighted by atomic mass is 16.6. The largest absolute Gasteiger partial charge is 0.493 e. The zero-order chi connectivity index (χ0) is 70.8. The maximum atomic E-state index is 14.7. The van der Waals surface area contributed by atoms with Gasteiger partial charge in [0.15, 0.2) is 23.0 Å². The lowest BCUT2D eigenvalue weighted by Gasteiger charge is -2.26. The number of nitrogens with zero attached hydrogens (tertiary/aromatic N) is 5. The minimum absolute atomic E-state index is 0.00593. The third-order valence-electron chi connectivity index (χ3n) is 18.2. The molecule has 25 nitrogen and oxygen atoms in total. The lowest BCUT2D eigenvalue weighted by molar-refractivity contribution is -0.137. The maximum absolute atomic E-state index is 14.7. The zero-order valence-corrected chi connectivity index (χ0v) is 56.7. The summed E-state index contributed by atoms with van der Waals surface area (Å²) in [5.74, 6) is -1.53. The predicted octanol–water partition coefficient (Wildman–Crippen LogP) is 8.25. The number of ether oxygens (including phenoxy) is 6. The summed E-state index contributed by atoms with van der Waals surface area (Å²) in [6.45, 7) is 1.82. The van der Waals surface area contributed by atoms with Crippen molar-refractivity contribution in [3.63, 3.8) is 0 Å². The van der Waals surface area contributed by atoms with Crippen molar-refractivity contribution in [2.45, 2.75) is 114 Å². The third kappa shape index (κ3) is 17.7. The lowest BCUT2D eigenvalue weighted by atomic mass is 10.0. The van der Waals surface area contributed by atoms with Gasteiger partial charge >= 0.3 is 6.09 Å². The first-order valence-electron chi connectivity index (χ1n) is 34.3. The van der Waals surface area contributed by atoms with Gasteiger partial charge in [-0.15, -0.1) is 0 Å². The second-order valence-corrected chi connectivity index (χ2v) is 25.2. The van der Waals surface area contributed by atoms with E-state index in [1.54, 1.807) is 58.3 Å². The summed E-state index contributed by atoms with van der Waals surface area (Å²) in [7, 11) is 3.03. The summed E-state index contributed by atoms with van der Waals surface area (Å²) in [6, 6.07) is 35.6. The second-order valence-electron chi connectivity index (χ2n) is 25.2. The number of carbonyl (C=O) groups excluding carboxylic acids is 9. The number of aliphatic imine (C=N–C) groups is 1. The van der Waals surface area contributed by atoms with Crippen LogP contribution in [0.2, 0.25) is 0 Å². The fourth-order valence-corrected chi connectivity index (χ4v) is 12.9. The van der Waals surface area contributed by atoms with E-state index in [4.69, 9.17) is 39.1 Å². The predicted molar refractivity (Wildman–Crippen MR) is 378 cm³/mol. The minimum atomic E-state index is -1.03. The van der Waals surface area contributed by atoms with E-state index in [1.165, 1.54) is 31.3 Å². The van der Waals surface area contributed by atoms with E-state index < -0.39 is 47.8 Å². The number of nitrogens with one attached hydrogen (secondary N) is 4. The quantitative estimate of drug-likeness (QED) is 0.0188. The monoisotopic (exact) mass is 1380 g/mol. The normalized spacial score (nSPS) is 16.0. The molecule has 4 atom stereocenters. The van der Waals surface area contributed by atoms with Crippen LogP contribution in [0.15, 0.2) is 145 Å². The Morgan fingerprint density at radius 1 is 0.594 bits per heavy atom. The molecular weight excluding hydrogens is 1290 g/mol. The number of para-hydroxylation sites is 2. The average Bonchev–Trinajstić information content (AvgIpc) is 1.62. The fraction of sp³-hybridized carbons (Fsp3) is 0.368. The standard InChI is InChI=1S/C76H84N10O15/c1-96-64-42-56-59(79-46-54-40-51-19-7-9-22-61(51)85(54)74(56)93)44-66(64)99-37-13-4-14-38-100-67-45-63-57(43-65(67)97-2)75(94)86-55(41-52-20-8-10-23-62(52)86)47-84(63)76(95)101-48-50-25-27-53(28-26-50)80-72(91)58(21-11-12-32-77)82-73(92)60(39-49-17-5-3-6-18-49)81-69(88)24-15-35-98-36-16-33-78-68(87)31-34-83-70(89)29-30-71(83)90/h3,5-10,17-20,22-23,25-30,42-46,54-55,58,60H,4,11-16,21,24,31-41,47-48,77H2,1-2H3,(H,78,87)(H,80,91)(H,81,88)(H,82,92)/t54-,55-,58-,60-/m0/s1. The molecule has 25 heteroatoms. The van der Waals surface area contributed by atoms with Crippen LogP contribution in [-0.2, 0) is 64.1 Å². The van der Waals surface area contributed by atoms with Crippen LogP contribution in [0.5, 0.6) is 23.0 Å². The van der Waals surface area contributed by atoms with Gasteiger partial charge in [-0.25, -0.2) is 4.79 Å². The zero-order valence-electron chi connectivity index (χ0n) is 56.7. The Kier molecular flexibility index (Phi) is 24.2. The number of amides is 9. The van der Waals surface area contributed by atoms with Gasteiger partial charge in [-0.3, -0.25) is 58.0 Å². The van der Waals surface area contributed by atoms with Crippen molar-refractivity contribution in [2.24, 2.45) is 10.7 Å². The Balaban J connectivity index is 0.675. The fourth-order valence-electron chi connectivity index (χ4n) is 12.9. The highest BCUT2D eigenvalue weighted by molar-refractivity contribution is 6.16. The van der Waals surface area contributed by atoms with Crippen LogP contribution < -0.4 is 60.6 Å². The minimum Gasteiger partial charge on any atom is -0.493 e. The smallest absolute Gasteiger partial charge is 0.414 e. The van der Waals surface area contributed by atoms with Gasteiger partial charge in [-0.05, 0) is 123 Å². The Morgan fingerprint density at radius 3 is 1.96 bits per heavy atom. The van der Waals surface area contributed by atoms with Gasteiger partial charge in [0.1, 0.15) is 18.7 Å². The van der Waals surface area contributed by atoms with Gasteiger partial charge in [-0.1, -0.05) is 78.9 Å². The molecular formula is C76H84N10O15. The molecule has 5 aliphatic rings. The number of benzene rings is 6. The van der Waals surface area contributed by atoms with Crippen LogP contribution in [0, 0.1) is 0 Å². The van der Waals surface area contributed by atoms with Gasteiger partial charge in [-0.2, -0.15) is 0 Å². The van der Waals surface area contributed by atoms with Crippen molar-refractivity contribution in [1.29, 1.82) is 0 Å². The molecule has 6 N–H and O–H groups in total. The first kappa shape index (κ1) is 71.4. The molecule has 0 fully saturated rings. The highest BCUT2D eigenvalue weighted by Gasteiger charge is 2.43. The summed E-state index contributed by atoms with van der Waals surface area (Å²) in [5, 5.41) is 11.4. The maximum Gasteiger partial charge on any atom is 0.414 e. The van der Waals surface area contributed by atoms with Crippen molar-refractivity contribution in [1.82, 2.24) is 20.9 Å². The number of methoxy groups -OCH3 is 2. The molecule has 0 aromatic heterocycles. The summed E-state index contributed by atoms with van der Waals surface area (Å²) in [5.41, 5.74) is 12.8. The highest BCUT2D eigenvalue weighted by Crippen LogP contribution is 2.44. The van der Waals surface area contributed by atoms with Crippen LogP contribution in [0.25, 0.3) is 0 Å². The number of unbranched alkanes of at least 4 members (excludes halogenated alkanes) is 3. The molecule has 0 saturated carbocycles. The number of imide groups is 1. The molecule has 101 heavy (non-hydrogen) atoms. The summed E-state index contributed by atoms with van der Waals surface area (Å²) >= 11 is 0. The van der Waals surface area contributed by atoms with Crippen molar-refractivity contribution in [3.8, 4) is 23.0 Å². The Morgan fingerprint density at radius 2 is 1.25 bits per heavy atom. The van der Waals surface area contributed by atoms with Crippen molar-refractivity contribution < 1.29 is 71.6 Å². The third-order valence-corrected chi connectivity index (χ3v) is 18.2. The molecule has 0 spiro atoms. The number of hydrogen-bond donors (Lipinski definition) is 5. The Hall–Kier alpha value is -10.9. The van der Waals surface area contributed by atoms with Crippen LogP contribution in [0.1, 0.15) is 107 Å². The van der Waals surface area contributed by atoms with Crippen LogP contribution >= 0.6 is 0 Å². The molecule has 0 unspecified atom stereocenters. The molecule has 5 heterocycles. The number of rotatable bonds is 34. The number of carbonyl (C=O) groups is 9. The first-order valence-corrected chi connectivity index (χ1v) is 34.3. The van der Waals surface area contributed by atoms with Gasteiger partial charge in [0.05, 0.1) is 68.6 Å². The van der Waals surface area contributed by atoms with Gasteiger partial charge < -0.3 is 60.3 Å². The van der Waals surface area contributed by atoms with E-state index in [0.29, 0.717) is 129 Å². The summed E-state index contributed by atoms with van der Waals surface area (Å²) < 4.78 is 35.9.